The molecule has 3 heterocycles. The van der Waals surface area contributed by atoms with Gasteiger partial charge in [-0.3, -0.25) is 9.32 Å². The second-order valence-corrected chi connectivity index (χ2v) is 8.66. The standard InChI is InChI=1S/C23H13ClN6O3S/c24-12-8-6-11(7-9-12)15-14(10-25)21(27)28-22-16(15)17(26)20(34-22)19(31)18-23(32)33-29-30(18)13-4-2-1-3-5-13/h1-9H,(H4-,26,27,28,29,31,32)/p+1. The van der Waals surface area contributed by atoms with Crippen LogP contribution in [0.25, 0.3) is 27.0 Å². The van der Waals surface area contributed by atoms with Crippen molar-refractivity contribution in [3.8, 4) is 22.9 Å². The van der Waals surface area contributed by atoms with Crippen molar-refractivity contribution in [2.24, 2.45) is 0 Å². The molecular weight excluding hydrogens is 476 g/mol. The van der Waals surface area contributed by atoms with Crippen molar-refractivity contribution in [2.75, 3.05) is 11.5 Å². The van der Waals surface area contributed by atoms with Crippen molar-refractivity contribution in [1.82, 2.24) is 10.3 Å². The Balaban J connectivity index is 1.76. The molecule has 0 saturated carbocycles. The summed E-state index contributed by atoms with van der Waals surface area (Å²) >= 11 is 7.00. The van der Waals surface area contributed by atoms with E-state index >= 15 is 0 Å². The highest BCUT2D eigenvalue weighted by molar-refractivity contribution is 7.21. The maximum Gasteiger partial charge on any atom is 0.439 e. The summed E-state index contributed by atoms with van der Waals surface area (Å²) in [4.78, 5) is 30.7. The summed E-state index contributed by atoms with van der Waals surface area (Å²) in [7, 11) is 0. The number of hydrogen-bond donors (Lipinski definition) is 3. The Labute approximate surface area is 200 Å². The summed E-state index contributed by atoms with van der Waals surface area (Å²) < 4.78 is 6.15. The molecule has 2 aromatic carbocycles. The van der Waals surface area contributed by atoms with Crippen LogP contribution in [-0.2, 0) is 0 Å². The van der Waals surface area contributed by atoms with Crippen LogP contribution in [0.15, 0.2) is 63.9 Å². The van der Waals surface area contributed by atoms with Crippen molar-refractivity contribution in [3.05, 3.63) is 86.2 Å². The number of fused-ring (bicyclic) bond motifs is 1. The molecule has 34 heavy (non-hydrogen) atoms. The fraction of sp³-hybridized carbons (Fsp3) is 0. The third-order valence-corrected chi connectivity index (χ3v) is 6.58. The lowest BCUT2D eigenvalue weighted by molar-refractivity contribution is -0.672. The maximum absolute atomic E-state index is 13.5. The predicted molar refractivity (Wildman–Crippen MR) is 128 cm³/mol. The average Bonchev–Trinajstić information content (AvgIpc) is 3.38. The number of halogens is 1. The molecular formula is C23H14ClN6O3S+. The van der Waals surface area contributed by atoms with E-state index in [1.54, 1.807) is 54.6 Å². The van der Waals surface area contributed by atoms with Crippen LogP contribution < -0.4 is 21.8 Å². The number of aromatic amines is 1. The number of carbonyl (C=O) groups excluding carboxylic acids is 1. The number of pyridine rings is 1. The number of rotatable bonds is 4. The molecule has 5 aromatic rings. The van der Waals surface area contributed by atoms with Gasteiger partial charge in [0.25, 0.3) is 5.78 Å². The van der Waals surface area contributed by atoms with E-state index in [9.17, 15) is 14.9 Å². The van der Waals surface area contributed by atoms with E-state index in [1.165, 1.54) is 4.68 Å². The number of thiophene rings is 1. The quantitative estimate of drug-likeness (QED) is 0.258. The molecule has 0 unspecified atom stereocenters. The zero-order valence-corrected chi connectivity index (χ0v) is 18.8. The molecule has 0 fully saturated rings. The molecule has 166 valence electrons. The van der Waals surface area contributed by atoms with Crippen LogP contribution in [0.1, 0.15) is 20.9 Å². The summed E-state index contributed by atoms with van der Waals surface area (Å²) in [5, 5.41) is 13.1. The topological polar surface area (TPSA) is 156 Å². The highest BCUT2D eigenvalue weighted by Crippen LogP contribution is 2.43. The molecule has 0 amide bonds. The van der Waals surface area contributed by atoms with Gasteiger partial charge in [-0.2, -0.15) is 5.26 Å². The summed E-state index contributed by atoms with van der Waals surface area (Å²) in [6, 6.07) is 17.6. The van der Waals surface area contributed by atoms with Crippen LogP contribution in [-0.4, -0.2) is 16.0 Å². The molecule has 0 aliphatic rings. The molecule has 5 rings (SSSR count). The highest BCUT2D eigenvalue weighted by atomic mass is 35.5. The van der Waals surface area contributed by atoms with E-state index in [4.69, 9.17) is 27.6 Å². The van der Waals surface area contributed by atoms with Gasteiger partial charge in [-0.05, 0) is 27.6 Å². The molecule has 0 aliphatic heterocycles. The molecule has 0 bridgehead atoms. The average molecular weight is 490 g/mol. The fourth-order valence-corrected chi connectivity index (χ4v) is 4.87. The zero-order chi connectivity index (χ0) is 24.0. The Morgan fingerprint density at radius 2 is 1.85 bits per heavy atom. The Hall–Kier alpha value is -4.46. The number of nitrogen functional groups attached to an aromatic ring is 2. The molecule has 9 nitrogen and oxygen atoms in total. The Morgan fingerprint density at radius 3 is 2.53 bits per heavy atom. The summed E-state index contributed by atoms with van der Waals surface area (Å²) in [5.41, 5.74) is 13.2. The van der Waals surface area contributed by atoms with Crippen LogP contribution in [0.5, 0.6) is 0 Å². The van der Waals surface area contributed by atoms with Gasteiger partial charge in [0.1, 0.15) is 27.2 Å². The first-order valence-corrected chi connectivity index (χ1v) is 11.0. The van der Waals surface area contributed by atoms with Crippen LogP contribution >= 0.6 is 22.9 Å². The van der Waals surface area contributed by atoms with Crippen LogP contribution in [0.3, 0.4) is 0 Å². The number of para-hydroxylation sites is 1. The smallest absolute Gasteiger partial charge is 0.397 e. The van der Waals surface area contributed by atoms with Crippen molar-refractivity contribution < 1.29 is 14.0 Å². The zero-order valence-electron chi connectivity index (χ0n) is 17.2. The number of aromatic nitrogens is 3. The molecule has 0 atom stereocenters. The van der Waals surface area contributed by atoms with Gasteiger partial charge < -0.3 is 11.5 Å². The first kappa shape index (κ1) is 21.4. The number of hydrogen-bond acceptors (Lipinski definition) is 8. The Morgan fingerprint density at radius 1 is 1.15 bits per heavy atom. The van der Waals surface area contributed by atoms with Crippen molar-refractivity contribution >= 4 is 50.4 Å². The van der Waals surface area contributed by atoms with Crippen LogP contribution in [0.2, 0.25) is 5.02 Å². The number of nitriles is 1. The lowest BCUT2D eigenvalue weighted by Gasteiger charge is -2.09. The van der Waals surface area contributed by atoms with E-state index in [0.29, 0.717) is 32.1 Å². The van der Waals surface area contributed by atoms with Gasteiger partial charge in [-0.15, -0.1) is 11.3 Å². The first-order valence-electron chi connectivity index (χ1n) is 9.81. The molecule has 5 N–H and O–H groups in total. The predicted octanol–water partition coefficient (Wildman–Crippen LogP) is 3.44. The van der Waals surface area contributed by atoms with E-state index in [2.05, 4.69) is 16.3 Å². The highest BCUT2D eigenvalue weighted by Gasteiger charge is 2.35. The van der Waals surface area contributed by atoms with Gasteiger partial charge in [0.05, 0.1) is 5.69 Å². The molecule has 11 heteroatoms. The number of benzene rings is 2. The monoisotopic (exact) mass is 489 g/mol. The Bertz CT molecular complexity index is 1680. The number of carbonyl (C=O) groups is 1. The van der Waals surface area contributed by atoms with Crippen molar-refractivity contribution in [1.29, 1.82) is 5.26 Å². The summed E-state index contributed by atoms with van der Waals surface area (Å²) in [6.45, 7) is 0. The number of nitrogens with two attached hydrogens (primary N) is 2. The van der Waals surface area contributed by atoms with Crippen LogP contribution in [0.4, 0.5) is 11.5 Å². The number of anilines is 2. The van der Waals surface area contributed by atoms with E-state index in [-0.39, 0.29) is 27.6 Å². The van der Waals surface area contributed by atoms with Gasteiger partial charge in [-0.25, -0.2) is 9.78 Å². The van der Waals surface area contributed by atoms with Gasteiger partial charge in [0, 0.05) is 28.1 Å². The molecule has 0 spiro atoms. The lowest BCUT2D eigenvalue weighted by atomic mass is 9.97. The van der Waals surface area contributed by atoms with Crippen LogP contribution in [0, 0.1) is 11.3 Å². The minimum atomic E-state index is -0.853. The molecule has 0 aliphatic carbocycles. The fourth-order valence-electron chi connectivity index (χ4n) is 3.69. The lowest BCUT2D eigenvalue weighted by Crippen LogP contribution is -2.41. The Kier molecular flexibility index (Phi) is 5.13. The maximum atomic E-state index is 13.5. The number of nitrogens with zero attached hydrogens (tertiary/aromatic N) is 3. The SMILES string of the molecule is N#Cc1c(N)nc2sc(C(=O)c3c(=O)o[nH][n+]3-c3ccccc3)c(N)c2c1-c1ccc(Cl)cc1. The molecule has 0 radical (unpaired) electrons. The third kappa shape index (κ3) is 3.31. The summed E-state index contributed by atoms with van der Waals surface area (Å²) in [5.74, 6) is -0.654. The molecule has 3 aromatic heterocycles. The number of H-pyrrole nitrogens is 1. The van der Waals surface area contributed by atoms with Gasteiger partial charge in [-0.1, -0.05) is 41.9 Å². The number of ketones is 1. The minimum absolute atomic E-state index is 0.000655. The van der Waals surface area contributed by atoms with Gasteiger partial charge >= 0.3 is 11.3 Å². The normalized spacial score (nSPS) is 10.9. The van der Waals surface area contributed by atoms with E-state index in [0.717, 1.165) is 11.3 Å². The first-order chi connectivity index (χ1) is 16.4. The third-order valence-electron chi connectivity index (χ3n) is 5.23. The van der Waals surface area contributed by atoms with E-state index in [1.807, 2.05) is 0 Å². The minimum Gasteiger partial charge on any atom is -0.397 e. The van der Waals surface area contributed by atoms with Gasteiger partial charge in [0.15, 0.2) is 0 Å². The van der Waals surface area contributed by atoms with Gasteiger partial charge in [0.2, 0.25) is 5.69 Å². The summed E-state index contributed by atoms with van der Waals surface area (Å²) in [6.07, 6.45) is 0. The largest absolute Gasteiger partial charge is 0.439 e. The van der Waals surface area contributed by atoms with Crippen molar-refractivity contribution in [2.45, 2.75) is 0 Å². The second kappa shape index (κ2) is 8.15. The van der Waals surface area contributed by atoms with E-state index < -0.39 is 11.4 Å². The second-order valence-electron chi connectivity index (χ2n) is 7.22. The van der Waals surface area contributed by atoms with Crippen molar-refractivity contribution in [3.63, 3.8) is 0 Å². The number of nitrogens with one attached hydrogen (secondary N) is 1. The molecule has 0 saturated heterocycles.